The standard InChI is InChI=1S/C6H9F3NO/c1-4(2)5(11)10-3-6(7,8)9/h4H,1,3H2,2H3,(H,10,11). The Morgan fingerprint density at radius 1 is 1.64 bits per heavy atom. The van der Waals surface area contributed by atoms with Crippen LogP contribution in [0.3, 0.4) is 0 Å². The first-order valence-electron chi connectivity index (χ1n) is 3.00. The molecule has 0 aliphatic heterocycles. The smallest absolute Gasteiger partial charge is 0.347 e. The zero-order valence-corrected chi connectivity index (χ0v) is 6.03. The van der Waals surface area contributed by atoms with Gasteiger partial charge in [-0.05, 0) is 6.92 Å². The summed E-state index contributed by atoms with van der Waals surface area (Å²) < 4.78 is 34.3. The third-order valence-electron chi connectivity index (χ3n) is 0.911. The molecule has 0 aromatic rings. The van der Waals surface area contributed by atoms with Crippen molar-refractivity contribution in [1.29, 1.82) is 0 Å². The number of hydrogen-bond donors (Lipinski definition) is 1. The Morgan fingerprint density at radius 2 is 2.09 bits per heavy atom. The Morgan fingerprint density at radius 3 is 2.36 bits per heavy atom. The number of hydrogen-bond acceptors (Lipinski definition) is 1. The number of carbonyl (C=O) groups is 1. The van der Waals surface area contributed by atoms with E-state index in [0.717, 1.165) is 0 Å². The van der Waals surface area contributed by atoms with Crippen molar-refractivity contribution in [3.8, 4) is 0 Å². The molecule has 5 heteroatoms. The lowest BCUT2D eigenvalue weighted by Gasteiger charge is -2.09. The SMILES string of the molecule is [CH2]C(C)C(=O)NCC(F)(F)F. The summed E-state index contributed by atoms with van der Waals surface area (Å²) in [4.78, 5) is 10.5. The van der Waals surface area contributed by atoms with Gasteiger partial charge < -0.3 is 5.32 Å². The summed E-state index contributed by atoms with van der Waals surface area (Å²) in [5.74, 6) is -1.35. The van der Waals surface area contributed by atoms with Crippen LogP contribution >= 0.6 is 0 Å². The third-order valence-corrected chi connectivity index (χ3v) is 0.911. The van der Waals surface area contributed by atoms with E-state index in [0.29, 0.717) is 0 Å². The average molecular weight is 168 g/mol. The third kappa shape index (κ3) is 5.69. The van der Waals surface area contributed by atoms with Crippen LogP contribution in [0.15, 0.2) is 0 Å². The molecule has 0 aliphatic carbocycles. The lowest BCUT2D eigenvalue weighted by atomic mass is 10.2. The number of amides is 1. The van der Waals surface area contributed by atoms with E-state index >= 15 is 0 Å². The highest BCUT2D eigenvalue weighted by atomic mass is 19.4. The Kier molecular flexibility index (Phi) is 3.35. The van der Waals surface area contributed by atoms with Crippen LogP contribution in [0.25, 0.3) is 0 Å². The Bertz CT molecular complexity index is 141. The molecule has 65 valence electrons. The zero-order valence-electron chi connectivity index (χ0n) is 6.03. The van der Waals surface area contributed by atoms with E-state index in [4.69, 9.17) is 0 Å². The summed E-state index contributed by atoms with van der Waals surface area (Å²) in [5.41, 5.74) is 0. The quantitative estimate of drug-likeness (QED) is 0.658. The molecule has 0 rings (SSSR count). The van der Waals surface area contributed by atoms with Crippen LogP contribution in [0, 0.1) is 12.8 Å². The summed E-state index contributed by atoms with van der Waals surface area (Å²) in [6, 6.07) is 0. The first-order valence-corrected chi connectivity index (χ1v) is 3.00. The molecule has 1 N–H and O–H groups in total. The molecule has 1 unspecified atom stereocenters. The molecule has 0 saturated heterocycles. The van der Waals surface area contributed by atoms with Crippen molar-refractivity contribution in [3.63, 3.8) is 0 Å². The molecule has 1 atom stereocenters. The molecule has 0 fully saturated rings. The van der Waals surface area contributed by atoms with Gasteiger partial charge in [-0.2, -0.15) is 13.2 Å². The number of nitrogens with one attached hydrogen (secondary N) is 1. The van der Waals surface area contributed by atoms with E-state index in [1.807, 2.05) is 0 Å². The minimum atomic E-state index is -4.34. The van der Waals surface area contributed by atoms with Crippen molar-refractivity contribution in [2.24, 2.45) is 5.92 Å². The van der Waals surface area contributed by atoms with Gasteiger partial charge in [-0.15, -0.1) is 0 Å². The largest absolute Gasteiger partial charge is 0.405 e. The minimum absolute atomic E-state index is 0.655. The molecule has 0 aromatic carbocycles. The Balaban J connectivity index is 3.64. The van der Waals surface area contributed by atoms with Crippen LogP contribution in [0.4, 0.5) is 13.2 Å². The summed E-state index contributed by atoms with van der Waals surface area (Å²) in [6.07, 6.45) is -4.34. The molecule has 0 heterocycles. The molecule has 2 nitrogen and oxygen atoms in total. The molecule has 0 bridgehead atoms. The fraction of sp³-hybridized carbons (Fsp3) is 0.667. The van der Waals surface area contributed by atoms with Crippen LogP contribution in [0.2, 0.25) is 0 Å². The maximum absolute atomic E-state index is 11.4. The van der Waals surface area contributed by atoms with Gasteiger partial charge in [0, 0.05) is 5.92 Å². The number of alkyl halides is 3. The molecule has 0 saturated carbocycles. The predicted octanol–water partition coefficient (Wildman–Crippen LogP) is 1.14. The van der Waals surface area contributed by atoms with Gasteiger partial charge in [-0.3, -0.25) is 4.79 Å². The Hall–Kier alpha value is -0.740. The molecular formula is C6H9F3NO. The normalized spacial score (nSPS) is 11.8. The van der Waals surface area contributed by atoms with Crippen molar-refractivity contribution in [2.45, 2.75) is 13.1 Å². The van der Waals surface area contributed by atoms with Gasteiger partial charge >= 0.3 is 6.18 Å². The van der Waals surface area contributed by atoms with Crippen molar-refractivity contribution < 1.29 is 18.0 Å². The number of rotatable bonds is 2. The maximum Gasteiger partial charge on any atom is 0.405 e. The van der Waals surface area contributed by atoms with E-state index in [1.54, 1.807) is 5.32 Å². The van der Waals surface area contributed by atoms with Crippen LogP contribution in [0.5, 0.6) is 0 Å². The molecule has 0 aliphatic rings. The minimum Gasteiger partial charge on any atom is -0.347 e. The molecule has 11 heavy (non-hydrogen) atoms. The number of carbonyl (C=O) groups excluding carboxylic acids is 1. The van der Waals surface area contributed by atoms with Crippen LogP contribution in [-0.4, -0.2) is 18.6 Å². The summed E-state index contributed by atoms with van der Waals surface area (Å²) >= 11 is 0. The Labute approximate surface area is 62.8 Å². The fourth-order valence-corrected chi connectivity index (χ4v) is 0.362. The predicted molar refractivity (Wildman–Crippen MR) is 33.6 cm³/mol. The van der Waals surface area contributed by atoms with Crippen molar-refractivity contribution in [1.82, 2.24) is 5.32 Å². The van der Waals surface area contributed by atoms with Gasteiger partial charge in [0.15, 0.2) is 0 Å². The van der Waals surface area contributed by atoms with Crippen molar-refractivity contribution in [2.75, 3.05) is 6.54 Å². The first-order chi connectivity index (χ1) is 4.83. The van der Waals surface area contributed by atoms with Crippen LogP contribution < -0.4 is 5.32 Å². The molecule has 1 radical (unpaired) electrons. The van der Waals surface area contributed by atoms with Gasteiger partial charge in [0.05, 0.1) is 0 Å². The molecule has 0 spiro atoms. The topological polar surface area (TPSA) is 29.1 Å². The molecular weight excluding hydrogens is 159 g/mol. The van der Waals surface area contributed by atoms with E-state index in [2.05, 4.69) is 6.92 Å². The molecule has 0 aromatic heterocycles. The zero-order chi connectivity index (χ0) is 9.07. The summed E-state index contributed by atoms with van der Waals surface area (Å²) in [6.45, 7) is 3.40. The maximum atomic E-state index is 11.4. The fourth-order valence-electron chi connectivity index (χ4n) is 0.362. The first kappa shape index (κ1) is 10.3. The van der Waals surface area contributed by atoms with Crippen molar-refractivity contribution >= 4 is 5.91 Å². The van der Waals surface area contributed by atoms with Gasteiger partial charge in [0.25, 0.3) is 0 Å². The second kappa shape index (κ2) is 3.59. The van der Waals surface area contributed by atoms with E-state index in [-0.39, 0.29) is 0 Å². The van der Waals surface area contributed by atoms with Gasteiger partial charge in [-0.25, -0.2) is 0 Å². The van der Waals surface area contributed by atoms with E-state index < -0.39 is 24.5 Å². The number of halogens is 3. The average Bonchev–Trinajstić information content (AvgIpc) is 1.80. The van der Waals surface area contributed by atoms with Gasteiger partial charge in [-0.1, -0.05) is 6.92 Å². The monoisotopic (exact) mass is 168 g/mol. The molecule has 1 amide bonds. The van der Waals surface area contributed by atoms with Gasteiger partial charge in [0.1, 0.15) is 6.54 Å². The summed E-state index contributed by atoms with van der Waals surface area (Å²) in [5, 5.41) is 1.70. The van der Waals surface area contributed by atoms with Crippen LogP contribution in [0.1, 0.15) is 6.92 Å². The van der Waals surface area contributed by atoms with E-state index in [1.165, 1.54) is 6.92 Å². The van der Waals surface area contributed by atoms with Crippen molar-refractivity contribution in [3.05, 3.63) is 6.92 Å². The lowest BCUT2D eigenvalue weighted by Crippen LogP contribution is -2.36. The lowest BCUT2D eigenvalue weighted by molar-refractivity contribution is -0.139. The second-order valence-electron chi connectivity index (χ2n) is 2.23. The van der Waals surface area contributed by atoms with E-state index in [9.17, 15) is 18.0 Å². The van der Waals surface area contributed by atoms with Gasteiger partial charge in [0.2, 0.25) is 5.91 Å². The summed E-state index contributed by atoms with van der Waals surface area (Å²) in [7, 11) is 0. The highest BCUT2D eigenvalue weighted by Gasteiger charge is 2.27. The highest BCUT2D eigenvalue weighted by molar-refractivity contribution is 5.78. The van der Waals surface area contributed by atoms with Crippen LogP contribution in [-0.2, 0) is 4.79 Å². The highest BCUT2D eigenvalue weighted by Crippen LogP contribution is 2.12. The second-order valence-corrected chi connectivity index (χ2v) is 2.23.